The molecule has 8 heteroatoms. The smallest absolute Gasteiger partial charge is 0.251 e. The van der Waals surface area contributed by atoms with E-state index in [0.717, 1.165) is 5.56 Å². The van der Waals surface area contributed by atoms with E-state index < -0.39 is 10.0 Å². The van der Waals surface area contributed by atoms with Gasteiger partial charge in [-0.2, -0.15) is 0 Å². The summed E-state index contributed by atoms with van der Waals surface area (Å²) in [7, 11) is -2.21. The predicted molar refractivity (Wildman–Crippen MR) is 101 cm³/mol. The lowest BCUT2D eigenvalue weighted by molar-refractivity contribution is 0.0939. The predicted octanol–water partition coefficient (Wildman–Crippen LogP) is 2.76. The standard InChI is InChI=1S/C18H21ClN2O4S/c1-13(14-6-8-16(19)9-7-14)21-18(22)15-4-3-5-17(12-15)26(23,24)20-10-11-25-2/h3-9,12-13,20H,10-11H2,1-2H3,(H,21,22). The van der Waals surface area contributed by atoms with Crippen molar-refractivity contribution >= 4 is 27.5 Å². The summed E-state index contributed by atoms with van der Waals surface area (Å²) in [6.45, 7) is 2.26. The normalized spacial score (nSPS) is 12.6. The summed E-state index contributed by atoms with van der Waals surface area (Å²) in [5, 5.41) is 3.46. The van der Waals surface area contributed by atoms with E-state index in [1.54, 1.807) is 18.2 Å². The molecular formula is C18H21ClN2O4S. The summed E-state index contributed by atoms with van der Waals surface area (Å²) in [6, 6.07) is 12.8. The first kappa shape index (κ1) is 20.4. The molecule has 140 valence electrons. The van der Waals surface area contributed by atoms with Gasteiger partial charge in [-0.25, -0.2) is 13.1 Å². The van der Waals surface area contributed by atoms with Gasteiger partial charge >= 0.3 is 0 Å². The van der Waals surface area contributed by atoms with Gasteiger partial charge in [0.1, 0.15) is 0 Å². The largest absolute Gasteiger partial charge is 0.383 e. The maximum atomic E-state index is 12.5. The molecule has 1 amide bonds. The molecule has 0 heterocycles. The topological polar surface area (TPSA) is 84.5 Å². The molecule has 26 heavy (non-hydrogen) atoms. The molecule has 2 aromatic rings. The van der Waals surface area contributed by atoms with Crippen molar-refractivity contribution in [1.29, 1.82) is 0 Å². The van der Waals surface area contributed by atoms with Crippen molar-refractivity contribution in [3.8, 4) is 0 Å². The Kier molecular flexibility index (Phi) is 7.16. The van der Waals surface area contributed by atoms with E-state index in [0.29, 0.717) is 5.02 Å². The van der Waals surface area contributed by atoms with Crippen LogP contribution < -0.4 is 10.0 Å². The van der Waals surface area contributed by atoms with Crippen LogP contribution in [0.1, 0.15) is 28.9 Å². The van der Waals surface area contributed by atoms with Crippen LogP contribution in [0.2, 0.25) is 5.02 Å². The molecule has 0 aliphatic heterocycles. The first-order chi connectivity index (χ1) is 12.3. The SMILES string of the molecule is COCCNS(=O)(=O)c1cccc(C(=O)NC(C)c2ccc(Cl)cc2)c1. The Bertz CT molecular complexity index is 854. The van der Waals surface area contributed by atoms with Crippen LogP contribution in [-0.2, 0) is 14.8 Å². The molecule has 2 N–H and O–H groups in total. The third-order valence-electron chi connectivity index (χ3n) is 3.72. The Labute approximate surface area is 158 Å². The molecule has 6 nitrogen and oxygen atoms in total. The number of carbonyl (C=O) groups is 1. The van der Waals surface area contributed by atoms with Gasteiger partial charge in [0, 0.05) is 24.2 Å². The number of hydrogen-bond acceptors (Lipinski definition) is 4. The fourth-order valence-electron chi connectivity index (χ4n) is 2.28. The Morgan fingerprint density at radius 3 is 2.54 bits per heavy atom. The van der Waals surface area contributed by atoms with Crippen LogP contribution in [-0.4, -0.2) is 34.6 Å². The molecule has 0 spiro atoms. The Morgan fingerprint density at radius 1 is 1.19 bits per heavy atom. The van der Waals surface area contributed by atoms with E-state index in [2.05, 4.69) is 10.0 Å². The maximum absolute atomic E-state index is 12.5. The number of amides is 1. The fourth-order valence-corrected chi connectivity index (χ4v) is 3.47. The first-order valence-corrected chi connectivity index (χ1v) is 9.84. The summed E-state index contributed by atoms with van der Waals surface area (Å²) in [5.41, 5.74) is 1.16. The minimum absolute atomic E-state index is 0.0281. The van der Waals surface area contributed by atoms with Gasteiger partial charge in [-0.05, 0) is 42.8 Å². The van der Waals surface area contributed by atoms with Crippen LogP contribution in [0.25, 0.3) is 0 Å². The molecule has 0 fully saturated rings. The quantitative estimate of drug-likeness (QED) is 0.672. The second kappa shape index (κ2) is 9.14. The number of hydrogen-bond donors (Lipinski definition) is 2. The highest BCUT2D eigenvalue weighted by Crippen LogP contribution is 2.17. The van der Waals surface area contributed by atoms with E-state index in [9.17, 15) is 13.2 Å². The average Bonchev–Trinajstić information content (AvgIpc) is 2.62. The van der Waals surface area contributed by atoms with Gasteiger partial charge in [0.25, 0.3) is 5.91 Å². The molecule has 0 bridgehead atoms. The highest BCUT2D eigenvalue weighted by Gasteiger charge is 2.17. The summed E-state index contributed by atoms with van der Waals surface area (Å²) < 4.78 is 31.7. The number of nitrogens with one attached hydrogen (secondary N) is 2. The van der Waals surface area contributed by atoms with Crippen LogP contribution in [0.3, 0.4) is 0 Å². The molecule has 1 atom stereocenters. The first-order valence-electron chi connectivity index (χ1n) is 7.98. The fraction of sp³-hybridized carbons (Fsp3) is 0.278. The van der Waals surface area contributed by atoms with E-state index in [1.165, 1.54) is 25.3 Å². The van der Waals surface area contributed by atoms with Gasteiger partial charge in [0.15, 0.2) is 0 Å². The number of sulfonamides is 1. The number of methoxy groups -OCH3 is 1. The highest BCUT2D eigenvalue weighted by atomic mass is 35.5. The Morgan fingerprint density at radius 2 is 1.88 bits per heavy atom. The van der Waals surface area contributed by atoms with Crippen molar-refractivity contribution < 1.29 is 17.9 Å². The van der Waals surface area contributed by atoms with Crippen LogP contribution in [0.4, 0.5) is 0 Å². The lowest BCUT2D eigenvalue weighted by Crippen LogP contribution is -2.29. The summed E-state index contributed by atoms with van der Waals surface area (Å²) in [5.74, 6) is -0.360. The van der Waals surface area contributed by atoms with Gasteiger partial charge in [-0.1, -0.05) is 29.8 Å². The van der Waals surface area contributed by atoms with Crippen molar-refractivity contribution in [2.75, 3.05) is 20.3 Å². The minimum atomic E-state index is -3.70. The van der Waals surface area contributed by atoms with Gasteiger partial charge in [-0.3, -0.25) is 4.79 Å². The number of rotatable bonds is 8. The molecule has 0 aromatic heterocycles. The third-order valence-corrected chi connectivity index (χ3v) is 5.43. The summed E-state index contributed by atoms with van der Waals surface area (Å²) in [4.78, 5) is 12.5. The van der Waals surface area contributed by atoms with Gasteiger partial charge in [0.2, 0.25) is 10.0 Å². The molecular weight excluding hydrogens is 376 g/mol. The average molecular weight is 397 g/mol. The Balaban J connectivity index is 2.11. The summed E-state index contributed by atoms with van der Waals surface area (Å²) in [6.07, 6.45) is 0. The van der Waals surface area contributed by atoms with Crippen LogP contribution in [0.15, 0.2) is 53.4 Å². The van der Waals surface area contributed by atoms with Gasteiger partial charge < -0.3 is 10.1 Å². The number of benzene rings is 2. The van der Waals surface area contributed by atoms with E-state index in [4.69, 9.17) is 16.3 Å². The van der Waals surface area contributed by atoms with Gasteiger partial charge in [0.05, 0.1) is 17.5 Å². The van der Waals surface area contributed by atoms with Crippen molar-refractivity contribution in [3.05, 3.63) is 64.7 Å². The third kappa shape index (κ3) is 5.54. The lowest BCUT2D eigenvalue weighted by atomic mass is 10.1. The van der Waals surface area contributed by atoms with Crippen molar-refractivity contribution in [2.45, 2.75) is 17.9 Å². The zero-order chi connectivity index (χ0) is 19.2. The number of ether oxygens (including phenoxy) is 1. The zero-order valence-electron chi connectivity index (χ0n) is 14.5. The molecule has 2 rings (SSSR count). The van der Waals surface area contributed by atoms with Crippen LogP contribution >= 0.6 is 11.6 Å². The van der Waals surface area contributed by atoms with Crippen LogP contribution in [0, 0.1) is 0 Å². The molecule has 0 saturated carbocycles. The van der Waals surface area contributed by atoms with Crippen LogP contribution in [0.5, 0.6) is 0 Å². The highest BCUT2D eigenvalue weighted by molar-refractivity contribution is 7.89. The van der Waals surface area contributed by atoms with E-state index >= 15 is 0 Å². The second-order valence-electron chi connectivity index (χ2n) is 5.67. The monoisotopic (exact) mass is 396 g/mol. The lowest BCUT2D eigenvalue weighted by Gasteiger charge is -2.15. The Hall–Kier alpha value is -1.93. The van der Waals surface area contributed by atoms with Crippen molar-refractivity contribution in [3.63, 3.8) is 0 Å². The molecule has 0 aliphatic carbocycles. The minimum Gasteiger partial charge on any atom is -0.383 e. The summed E-state index contributed by atoms with van der Waals surface area (Å²) >= 11 is 5.87. The van der Waals surface area contributed by atoms with Gasteiger partial charge in [-0.15, -0.1) is 0 Å². The second-order valence-corrected chi connectivity index (χ2v) is 7.87. The molecule has 0 saturated heterocycles. The number of carbonyl (C=O) groups excluding carboxylic acids is 1. The van der Waals surface area contributed by atoms with Crippen molar-refractivity contribution in [1.82, 2.24) is 10.0 Å². The van der Waals surface area contributed by atoms with Crippen molar-refractivity contribution in [2.24, 2.45) is 0 Å². The molecule has 2 aromatic carbocycles. The molecule has 1 unspecified atom stereocenters. The van der Waals surface area contributed by atoms with E-state index in [1.807, 2.05) is 19.1 Å². The number of halogens is 1. The zero-order valence-corrected chi connectivity index (χ0v) is 16.1. The van der Waals surface area contributed by atoms with E-state index in [-0.39, 0.29) is 35.6 Å². The molecule has 0 aliphatic rings. The maximum Gasteiger partial charge on any atom is 0.251 e. The molecule has 0 radical (unpaired) electrons.